The molecule has 1 aliphatic carbocycles. The van der Waals surface area contributed by atoms with Crippen LogP contribution in [0.15, 0.2) is 0 Å². The van der Waals surface area contributed by atoms with Gasteiger partial charge in [-0.3, -0.25) is 0 Å². The molecule has 1 N–H and O–H groups in total. The Morgan fingerprint density at radius 2 is 2.38 bits per heavy atom. The second-order valence-corrected chi connectivity index (χ2v) is 3.02. The molecule has 1 nitrogen and oxygen atoms in total. The van der Waals surface area contributed by atoms with Crippen molar-refractivity contribution in [2.75, 3.05) is 6.54 Å². The lowest BCUT2D eigenvalue weighted by Gasteiger charge is -2.37. The molecule has 0 amide bonds. The Kier molecular flexibility index (Phi) is 0.884. The molecule has 0 bridgehead atoms. The van der Waals surface area contributed by atoms with Gasteiger partial charge in [-0.1, -0.05) is 0 Å². The zero-order valence-electron chi connectivity index (χ0n) is 5.06. The minimum Gasteiger partial charge on any atom is -0.313 e. The first-order valence-electron chi connectivity index (χ1n) is 3.44. The fourth-order valence-corrected chi connectivity index (χ4v) is 1.94. The van der Waals surface area contributed by atoms with Gasteiger partial charge in [0.1, 0.15) is 0 Å². The van der Waals surface area contributed by atoms with Crippen molar-refractivity contribution in [3.63, 3.8) is 0 Å². The lowest BCUT2D eigenvalue weighted by Crippen LogP contribution is -2.43. The van der Waals surface area contributed by atoms with Gasteiger partial charge in [0.05, 0.1) is 0 Å². The number of nitrogens with one attached hydrogen (secondary N) is 1. The zero-order valence-corrected chi connectivity index (χ0v) is 5.06. The van der Waals surface area contributed by atoms with Gasteiger partial charge in [0.15, 0.2) is 0 Å². The van der Waals surface area contributed by atoms with Crippen LogP contribution in [0.25, 0.3) is 0 Å². The Morgan fingerprint density at radius 3 is 2.88 bits per heavy atom. The topological polar surface area (TPSA) is 12.0 Å². The van der Waals surface area contributed by atoms with Gasteiger partial charge in [-0.15, -0.1) is 0 Å². The van der Waals surface area contributed by atoms with E-state index in [2.05, 4.69) is 12.2 Å². The molecule has 3 atom stereocenters. The van der Waals surface area contributed by atoms with Crippen LogP contribution >= 0.6 is 0 Å². The third-order valence-electron chi connectivity index (χ3n) is 2.52. The maximum absolute atomic E-state index is 4.02. The van der Waals surface area contributed by atoms with E-state index in [0.717, 1.165) is 17.9 Å². The largest absolute Gasteiger partial charge is 0.313 e. The summed E-state index contributed by atoms with van der Waals surface area (Å²) in [6, 6.07) is 0.801. The molecule has 1 saturated heterocycles. The molecule has 3 unspecified atom stereocenters. The molecule has 45 valence electrons. The summed E-state index contributed by atoms with van der Waals surface area (Å²) in [4.78, 5) is 0. The highest BCUT2D eigenvalue weighted by Gasteiger charge is 2.40. The molecule has 8 heavy (non-hydrogen) atoms. The molecule has 1 radical (unpaired) electrons. The minimum atomic E-state index is 0.725. The van der Waals surface area contributed by atoms with Crippen molar-refractivity contribution in [2.24, 2.45) is 11.8 Å². The summed E-state index contributed by atoms with van der Waals surface area (Å²) >= 11 is 0. The second kappa shape index (κ2) is 1.47. The van der Waals surface area contributed by atoms with Crippen LogP contribution in [-0.4, -0.2) is 12.6 Å². The van der Waals surface area contributed by atoms with E-state index in [9.17, 15) is 0 Å². The maximum Gasteiger partial charge on any atom is 0.0124 e. The van der Waals surface area contributed by atoms with E-state index in [1.54, 1.807) is 0 Å². The minimum absolute atomic E-state index is 0.725. The molecule has 2 rings (SSSR count). The van der Waals surface area contributed by atoms with Gasteiger partial charge in [-0.05, 0) is 38.1 Å². The van der Waals surface area contributed by atoms with Gasteiger partial charge in [-0.2, -0.15) is 0 Å². The summed E-state index contributed by atoms with van der Waals surface area (Å²) in [5.74, 6) is 1.72. The summed E-state index contributed by atoms with van der Waals surface area (Å²) in [7, 11) is 0. The van der Waals surface area contributed by atoms with Crippen molar-refractivity contribution < 1.29 is 0 Å². The lowest BCUT2D eigenvalue weighted by atomic mass is 9.72. The Bertz CT molecular complexity index is 101. The van der Waals surface area contributed by atoms with Crippen LogP contribution in [0.1, 0.15) is 12.8 Å². The van der Waals surface area contributed by atoms with E-state index in [1.807, 2.05) is 0 Å². The molecular formula is C7H12N. The molecule has 1 heterocycles. The monoisotopic (exact) mass is 110 g/mol. The van der Waals surface area contributed by atoms with Gasteiger partial charge in [-0.25, -0.2) is 0 Å². The van der Waals surface area contributed by atoms with Crippen LogP contribution in [0.2, 0.25) is 0 Å². The van der Waals surface area contributed by atoms with Gasteiger partial charge in [0.25, 0.3) is 0 Å². The van der Waals surface area contributed by atoms with E-state index in [-0.39, 0.29) is 0 Å². The van der Waals surface area contributed by atoms with Crippen molar-refractivity contribution in [3.8, 4) is 0 Å². The van der Waals surface area contributed by atoms with E-state index in [4.69, 9.17) is 0 Å². The van der Waals surface area contributed by atoms with Crippen LogP contribution in [0.3, 0.4) is 0 Å². The van der Waals surface area contributed by atoms with Crippen molar-refractivity contribution in [2.45, 2.75) is 18.9 Å². The molecule has 2 fully saturated rings. The quantitative estimate of drug-likeness (QED) is 0.487. The Balaban J connectivity index is 2.02. The normalized spacial score (nSPS) is 52.9. The molecular weight excluding hydrogens is 98.1 g/mol. The summed E-state index contributed by atoms with van der Waals surface area (Å²) in [5.41, 5.74) is 0. The van der Waals surface area contributed by atoms with Crippen LogP contribution in [0.4, 0.5) is 0 Å². The first-order chi connectivity index (χ1) is 3.88. The summed E-state index contributed by atoms with van der Waals surface area (Å²) in [6.45, 7) is 5.26. The van der Waals surface area contributed by atoms with Gasteiger partial charge in [0.2, 0.25) is 0 Å². The molecule has 1 saturated carbocycles. The molecule has 1 heteroatoms. The average molecular weight is 110 g/mol. The van der Waals surface area contributed by atoms with Crippen molar-refractivity contribution >= 4 is 0 Å². The van der Waals surface area contributed by atoms with Crippen LogP contribution in [0.5, 0.6) is 0 Å². The molecule has 0 aromatic heterocycles. The van der Waals surface area contributed by atoms with Gasteiger partial charge in [0, 0.05) is 6.04 Å². The van der Waals surface area contributed by atoms with E-state index in [0.29, 0.717) is 0 Å². The zero-order chi connectivity index (χ0) is 5.56. The Hall–Kier alpha value is -0.0400. The summed E-state index contributed by atoms with van der Waals surface area (Å²) in [5, 5.41) is 3.44. The molecule has 0 spiro atoms. The number of rotatable bonds is 0. The second-order valence-electron chi connectivity index (χ2n) is 3.02. The molecule has 0 aromatic rings. The van der Waals surface area contributed by atoms with Crippen molar-refractivity contribution in [1.82, 2.24) is 5.32 Å². The standard InChI is InChI=1S/C7H12N/c1-5-4-6-2-3-8-7(5)6/h5-8H,1-4H2. The van der Waals surface area contributed by atoms with Crippen molar-refractivity contribution in [3.05, 3.63) is 6.92 Å². The van der Waals surface area contributed by atoms with E-state index in [1.165, 1.54) is 19.4 Å². The highest BCUT2D eigenvalue weighted by Crippen LogP contribution is 2.38. The number of hydrogen-bond acceptors (Lipinski definition) is 1. The lowest BCUT2D eigenvalue weighted by molar-refractivity contribution is 0.198. The van der Waals surface area contributed by atoms with Crippen LogP contribution < -0.4 is 5.32 Å². The number of fused-ring (bicyclic) bond motifs is 1. The predicted molar refractivity (Wildman–Crippen MR) is 33.4 cm³/mol. The van der Waals surface area contributed by atoms with Crippen LogP contribution in [0, 0.1) is 18.8 Å². The van der Waals surface area contributed by atoms with Gasteiger partial charge >= 0.3 is 0 Å². The first kappa shape index (κ1) is 4.80. The molecule has 1 aliphatic heterocycles. The molecule has 2 aliphatic rings. The first-order valence-corrected chi connectivity index (χ1v) is 3.44. The van der Waals surface area contributed by atoms with E-state index < -0.39 is 0 Å². The van der Waals surface area contributed by atoms with E-state index >= 15 is 0 Å². The summed E-state index contributed by atoms with van der Waals surface area (Å²) in [6.07, 6.45) is 2.77. The SMILES string of the molecule is [CH2]C1CC2CCNC12. The third-order valence-corrected chi connectivity index (χ3v) is 2.52. The molecule has 0 aromatic carbocycles. The fraction of sp³-hybridized carbons (Fsp3) is 0.857. The third kappa shape index (κ3) is 0.455. The number of hydrogen-bond donors (Lipinski definition) is 1. The highest BCUT2D eigenvalue weighted by molar-refractivity contribution is 4.99. The Morgan fingerprint density at radius 1 is 1.50 bits per heavy atom. The average Bonchev–Trinajstić information content (AvgIpc) is 2.09. The maximum atomic E-state index is 4.02. The summed E-state index contributed by atoms with van der Waals surface area (Å²) < 4.78 is 0. The highest BCUT2D eigenvalue weighted by atomic mass is 15.0. The van der Waals surface area contributed by atoms with Crippen molar-refractivity contribution in [1.29, 1.82) is 0 Å². The Labute approximate surface area is 50.5 Å². The predicted octanol–water partition coefficient (Wildman–Crippen LogP) is 0.818. The van der Waals surface area contributed by atoms with Crippen LogP contribution in [-0.2, 0) is 0 Å². The smallest absolute Gasteiger partial charge is 0.0124 e. The fourth-order valence-electron chi connectivity index (χ4n) is 1.94. The van der Waals surface area contributed by atoms with Gasteiger partial charge < -0.3 is 5.32 Å².